The number of sulfonamides is 1. The van der Waals surface area contributed by atoms with Gasteiger partial charge in [0.1, 0.15) is 0 Å². The molecule has 7 nitrogen and oxygen atoms in total. The number of primary amides is 1. The maximum atomic E-state index is 12.2. The second-order valence-corrected chi connectivity index (χ2v) is 7.99. The summed E-state index contributed by atoms with van der Waals surface area (Å²) < 4.78 is 26.5. The number of amides is 1. The van der Waals surface area contributed by atoms with E-state index in [0.29, 0.717) is 0 Å². The van der Waals surface area contributed by atoms with E-state index in [1.807, 2.05) is 25.5 Å². The Morgan fingerprint density at radius 1 is 1.22 bits per heavy atom. The van der Waals surface area contributed by atoms with Gasteiger partial charge in [-0.25, -0.2) is 13.1 Å². The Hall–Kier alpha value is -1.93. The molecule has 23 heavy (non-hydrogen) atoms. The fourth-order valence-corrected chi connectivity index (χ4v) is 3.12. The van der Waals surface area contributed by atoms with Crippen LogP contribution in [0.2, 0.25) is 0 Å². The third-order valence-electron chi connectivity index (χ3n) is 3.29. The van der Waals surface area contributed by atoms with Gasteiger partial charge in [0.25, 0.3) is 0 Å². The predicted molar refractivity (Wildman–Crippen MR) is 82.7 cm³/mol. The quantitative estimate of drug-likeness (QED) is 0.700. The van der Waals surface area contributed by atoms with Crippen LogP contribution < -0.4 is 15.6 Å². The van der Waals surface area contributed by atoms with Crippen molar-refractivity contribution in [3.8, 4) is 0 Å². The standard InChI is InChI=1S/C15H22N2O5S/c1-15(2,3)10-4-6-11(7-5-10)23(21,22)17-12(14(19)20)8-9-13(16)18/h4-7,12,17H,8-9H2,1-3H3,(H2,16,18)(H,19,20)/p-1/t12-/m1/s1. The molecular formula is C15H21N2O5S-. The number of benzene rings is 1. The van der Waals surface area contributed by atoms with E-state index in [2.05, 4.69) is 0 Å². The van der Waals surface area contributed by atoms with Crippen LogP contribution in [0.1, 0.15) is 39.2 Å². The number of rotatable bonds is 7. The van der Waals surface area contributed by atoms with E-state index in [-0.39, 0.29) is 23.2 Å². The molecule has 0 saturated heterocycles. The predicted octanol–water partition coefficient (Wildman–Crippen LogP) is -0.354. The van der Waals surface area contributed by atoms with Gasteiger partial charge in [0, 0.05) is 6.42 Å². The van der Waals surface area contributed by atoms with Gasteiger partial charge in [-0.15, -0.1) is 0 Å². The van der Waals surface area contributed by atoms with Crippen LogP contribution in [-0.4, -0.2) is 26.3 Å². The average Bonchev–Trinajstić information content (AvgIpc) is 2.42. The van der Waals surface area contributed by atoms with E-state index < -0.39 is 27.9 Å². The highest BCUT2D eigenvalue weighted by Gasteiger charge is 2.22. The molecule has 0 aliphatic rings. The van der Waals surface area contributed by atoms with Gasteiger partial charge in [-0.05, 0) is 29.5 Å². The molecule has 0 aliphatic heterocycles. The van der Waals surface area contributed by atoms with Crippen molar-refractivity contribution >= 4 is 21.9 Å². The van der Waals surface area contributed by atoms with Gasteiger partial charge in [0.2, 0.25) is 15.9 Å². The lowest BCUT2D eigenvalue weighted by Gasteiger charge is -2.21. The zero-order chi connectivity index (χ0) is 17.8. The number of nitrogens with two attached hydrogens (primary N) is 1. The van der Waals surface area contributed by atoms with Crippen molar-refractivity contribution in [3.63, 3.8) is 0 Å². The van der Waals surface area contributed by atoms with Crippen LogP contribution >= 0.6 is 0 Å². The topological polar surface area (TPSA) is 129 Å². The van der Waals surface area contributed by atoms with Crippen LogP contribution in [-0.2, 0) is 25.0 Å². The molecule has 0 saturated carbocycles. The molecule has 0 bridgehead atoms. The Bertz CT molecular complexity index is 675. The summed E-state index contributed by atoms with van der Waals surface area (Å²) in [4.78, 5) is 21.7. The van der Waals surface area contributed by atoms with Gasteiger partial charge in [0.05, 0.1) is 16.9 Å². The summed E-state index contributed by atoms with van der Waals surface area (Å²) in [5.74, 6) is -2.33. The van der Waals surface area contributed by atoms with E-state index in [4.69, 9.17) is 5.73 Å². The van der Waals surface area contributed by atoms with E-state index in [0.717, 1.165) is 5.56 Å². The number of carbonyl (C=O) groups is 2. The van der Waals surface area contributed by atoms with Crippen molar-refractivity contribution in [1.82, 2.24) is 4.72 Å². The first-order valence-electron chi connectivity index (χ1n) is 7.05. The van der Waals surface area contributed by atoms with E-state index in [1.165, 1.54) is 12.1 Å². The van der Waals surface area contributed by atoms with Crippen molar-refractivity contribution < 1.29 is 23.1 Å². The first-order valence-corrected chi connectivity index (χ1v) is 8.54. The Labute approximate surface area is 135 Å². The molecule has 128 valence electrons. The lowest BCUT2D eigenvalue weighted by Crippen LogP contribution is -2.48. The van der Waals surface area contributed by atoms with E-state index in [1.54, 1.807) is 12.1 Å². The number of hydrogen-bond donors (Lipinski definition) is 2. The van der Waals surface area contributed by atoms with Crippen molar-refractivity contribution in [1.29, 1.82) is 0 Å². The summed E-state index contributed by atoms with van der Waals surface area (Å²) in [6, 6.07) is 4.64. The highest BCUT2D eigenvalue weighted by molar-refractivity contribution is 7.89. The summed E-state index contributed by atoms with van der Waals surface area (Å²) in [7, 11) is -4.04. The number of nitrogens with one attached hydrogen (secondary N) is 1. The zero-order valence-corrected chi connectivity index (χ0v) is 14.1. The Balaban J connectivity index is 2.96. The summed E-state index contributed by atoms with van der Waals surface area (Å²) in [6.07, 6.45) is -0.527. The van der Waals surface area contributed by atoms with Crippen LogP contribution in [0.15, 0.2) is 29.2 Å². The molecule has 1 aromatic rings. The molecule has 0 radical (unpaired) electrons. The highest BCUT2D eigenvalue weighted by atomic mass is 32.2. The number of carbonyl (C=O) groups excluding carboxylic acids is 2. The molecule has 0 aromatic heterocycles. The second kappa shape index (κ2) is 7.10. The molecule has 1 aromatic carbocycles. The summed E-state index contributed by atoms with van der Waals surface area (Å²) in [5.41, 5.74) is 5.76. The second-order valence-electron chi connectivity index (χ2n) is 6.27. The lowest BCUT2D eigenvalue weighted by molar-refractivity contribution is -0.308. The Morgan fingerprint density at radius 2 is 1.74 bits per heavy atom. The van der Waals surface area contributed by atoms with Crippen LogP contribution in [0, 0.1) is 0 Å². The van der Waals surface area contributed by atoms with E-state index in [9.17, 15) is 23.1 Å². The fraction of sp³-hybridized carbons (Fsp3) is 0.467. The highest BCUT2D eigenvalue weighted by Crippen LogP contribution is 2.23. The zero-order valence-electron chi connectivity index (χ0n) is 13.3. The number of carboxylic acid groups (broad SMARTS) is 1. The van der Waals surface area contributed by atoms with E-state index >= 15 is 0 Å². The van der Waals surface area contributed by atoms with Crippen molar-refractivity contribution in [2.24, 2.45) is 5.73 Å². The minimum absolute atomic E-state index is 0.0594. The fourth-order valence-electron chi connectivity index (χ4n) is 1.90. The van der Waals surface area contributed by atoms with Crippen LogP contribution in [0.25, 0.3) is 0 Å². The van der Waals surface area contributed by atoms with Crippen LogP contribution in [0.3, 0.4) is 0 Å². The molecule has 8 heteroatoms. The molecule has 0 spiro atoms. The molecule has 1 atom stereocenters. The summed E-state index contributed by atoms with van der Waals surface area (Å²) in [6.45, 7) is 5.97. The lowest BCUT2D eigenvalue weighted by atomic mass is 9.87. The SMILES string of the molecule is CC(C)(C)c1ccc(S(=O)(=O)N[C@H](CCC(N)=O)C(=O)[O-])cc1. The normalized spacial score (nSPS) is 13.5. The smallest absolute Gasteiger partial charge is 0.241 e. The summed E-state index contributed by atoms with van der Waals surface area (Å²) in [5, 5.41) is 11.0. The van der Waals surface area contributed by atoms with Gasteiger partial charge >= 0.3 is 0 Å². The Kier molecular flexibility index (Phi) is 5.90. The van der Waals surface area contributed by atoms with Gasteiger partial charge in [-0.1, -0.05) is 32.9 Å². The molecular weight excluding hydrogens is 320 g/mol. The number of aliphatic carboxylic acids is 1. The molecule has 1 rings (SSSR count). The largest absolute Gasteiger partial charge is 0.548 e. The van der Waals surface area contributed by atoms with Gasteiger partial charge < -0.3 is 15.6 Å². The minimum atomic E-state index is -4.04. The molecule has 0 heterocycles. The average molecular weight is 341 g/mol. The third kappa shape index (κ3) is 5.65. The molecule has 0 unspecified atom stereocenters. The summed E-state index contributed by atoms with van der Waals surface area (Å²) >= 11 is 0. The number of hydrogen-bond acceptors (Lipinski definition) is 5. The Morgan fingerprint density at radius 3 is 2.13 bits per heavy atom. The third-order valence-corrected chi connectivity index (χ3v) is 4.78. The first-order chi connectivity index (χ1) is 10.4. The van der Waals surface area contributed by atoms with Gasteiger partial charge in [0.15, 0.2) is 0 Å². The molecule has 0 fully saturated rings. The van der Waals surface area contributed by atoms with Gasteiger partial charge in [-0.3, -0.25) is 4.79 Å². The molecule has 0 aliphatic carbocycles. The van der Waals surface area contributed by atoms with Crippen molar-refractivity contribution in [3.05, 3.63) is 29.8 Å². The van der Waals surface area contributed by atoms with Crippen molar-refractivity contribution in [2.75, 3.05) is 0 Å². The maximum Gasteiger partial charge on any atom is 0.241 e. The van der Waals surface area contributed by atoms with Crippen LogP contribution in [0.5, 0.6) is 0 Å². The van der Waals surface area contributed by atoms with Gasteiger partial charge in [-0.2, -0.15) is 0 Å². The van der Waals surface area contributed by atoms with Crippen LogP contribution in [0.4, 0.5) is 0 Å². The monoisotopic (exact) mass is 341 g/mol. The minimum Gasteiger partial charge on any atom is -0.548 e. The van der Waals surface area contributed by atoms with Crippen molar-refractivity contribution in [2.45, 2.75) is 50.0 Å². The number of carboxylic acids is 1. The first kappa shape index (κ1) is 19.1. The maximum absolute atomic E-state index is 12.2. The molecule has 1 amide bonds. The molecule has 3 N–H and O–H groups in total.